The number of carboxylic acids is 1. The molecule has 1 aliphatic carbocycles. The Kier molecular flexibility index (Phi) is 5.43. The fraction of sp³-hybridized carbons (Fsp3) is 0.571. The van der Waals surface area contributed by atoms with E-state index in [4.69, 9.17) is 11.6 Å². The predicted molar refractivity (Wildman–Crippen MR) is 79.1 cm³/mol. The molecule has 1 fully saturated rings. The number of hydrogen-bond donors (Lipinski definition) is 2. The second kappa shape index (κ2) is 7.09. The standard InChI is InChI=1S/C14H18ClNO3S/c15-12-6-5-9(20-12)7-8-16-13(17)10-3-1-2-4-11(10)14(18)19/h5-6,10-11H,1-4,7-8H2,(H,16,17)(H,18,19). The van der Waals surface area contributed by atoms with Crippen LogP contribution in [0.1, 0.15) is 30.6 Å². The minimum absolute atomic E-state index is 0.125. The predicted octanol–water partition coefficient (Wildman–Crippen LogP) is 2.95. The molecule has 1 saturated carbocycles. The molecule has 110 valence electrons. The average Bonchev–Trinajstić information content (AvgIpc) is 2.84. The van der Waals surface area contributed by atoms with Gasteiger partial charge in [0.2, 0.25) is 5.91 Å². The van der Waals surface area contributed by atoms with Gasteiger partial charge in [-0.2, -0.15) is 0 Å². The minimum atomic E-state index is -0.852. The third-order valence-corrected chi connectivity index (χ3v) is 5.01. The largest absolute Gasteiger partial charge is 0.481 e. The first kappa shape index (κ1) is 15.3. The lowest BCUT2D eigenvalue weighted by Crippen LogP contribution is -2.40. The van der Waals surface area contributed by atoms with Gasteiger partial charge >= 0.3 is 5.97 Å². The molecule has 6 heteroatoms. The normalized spacial score (nSPS) is 22.4. The van der Waals surface area contributed by atoms with Crippen molar-refractivity contribution in [2.24, 2.45) is 11.8 Å². The van der Waals surface area contributed by atoms with Crippen molar-refractivity contribution in [2.75, 3.05) is 6.54 Å². The Balaban J connectivity index is 1.82. The highest BCUT2D eigenvalue weighted by atomic mass is 35.5. The van der Waals surface area contributed by atoms with Crippen LogP contribution in [0.2, 0.25) is 4.34 Å². The van der Waals surface area contributed by atoms with Gasteiger partial charge in [-0.3, -0.25) is 9.59 Å². The van der Waals surface area contributed by atoms with E-state index in [1.165, 1.54) is 11.3 Å². The summed E-state index contributed by atoms with van der Waals surface area (Å²) in [6.45, 7) is 0.526. The lowest BCUT2D eigenvalue weighted by Gasteiger charge is -2.27. The second-order valence-electron chi connectivity index (χ2n) is 5.08. The van der Waals surface area contributed by atoms with Gasteiger partial charge in [0, 0.05) is 11.4 Å². The van der Waals surface area contributed by atoms with Crippen molar-refractivity contribution < 1.29 is 14.7 Å². The molecule has 2 rings (SSSR count). The molecule has 2 N–H and O–H groups in total. The number of amides is 1. The number of hydrogen-bond acceptors (Lipinski definition) is 3. The number of aliphatic carboxylic acids is 1. The third-order valence-electron chi connectivity index (χ3n) is 3.72. The summed E-state index contributed by atoms with van der Waals surface area (Å²) in [4.78, 5) is 24.4. The van der Waals surface area contributed by atoms with Crippen LogP contribution in [0, 0.1) is 11.8 Å². The van der Waals surface area contributed by atoms with E-state index in [2.05, 4.69) is 5.32 Å². The first-order valence-electron chi connectivity index (χ1n) is 6.82. The minimum Gasteiger partial charge on any atom is -0.481 e. The van der Waals surface area contributed by atoms with Gasteiger partial charge in [-0.15, -0.1) is 11.3 Å². The Morgan fingerprint density at radius 1 is 1.30 bits per heavy atom. The van der Waals surface area contributed by atoms with Crippen LogP contribution in [0.5, 0.6) is 0 Å². The molecule has 0 aromatic carbocycles. The van der Waals surface area contributed by atoms with Gasteiger partial charge in [-0.25, -0.2) is 0 Å². The molecule has 1 heterocycles. The number of carboxylic acid groups (broad SMARTS) is 1. The van der Waals surface area contributed by atoms with Gasteiger partial charge in [0.1, 0.15) is 0 Å². The molecule has 2 unspecified atom stereocenters. The first-order chi connectivity index (χ1) is 9.58. The average molecular weight is 316 g/mol. The van der Waals surface area contributed by atoms with Crippen molar-refractivity contribution in [2.45, 2.75) is 32.1 Å². The van der Waals surface area contributed by atoms with E-state index in [1.807, 2.05) is 12.1 Å². The van der Waals surface area contributed by atoms with Crippen molar-refractivity contribution in [3.8, 4) is 0 Å². The van der Waals surface area contributed by atoms with E-state index in [1.54, 1.807) is 0 Å². The summed E-state index contributed by atoms with van der Waals surface area (Å²) in [6.07, 6.45) is 3.84. The topological polar surface area (TPSA) is 66.4 Å². The Labute approximate surface area is 127 Å². The van der Waals surface area contributed by atoms with Crippen molar-refractivity contribution in [3.05, 3.63) is 21.3 Å². The molecule has 0 bridgehead atoms. The zero-order valence-corrected chi connectivity index (χ0v) is 12.7. The quantitative estimate of drug-likeness (QED) is 0.878. The van der Waals surface area contributed by atoms with E-state index in [9.17, 15) is 14.7 Å². The van der Waals surface area contributed by atoms with E-state index in [0.29, 0.717) is 19.4 Å². The van der Waals surface area contributed by atoms with Crippen molar-refractivity contribution in [1.82, 2.24) is 5.32 Å². The van der Waals surface area contributed by atoms with Gasteiger partial charge < -0.3 is 10.4 Å². The Bertz CT molecular complexity index is 489. The second-order valence-corrected chi connectivity index (χ2v) is 6.88. The van der Waals surface area contributed by atoms with Crippen LogP contribution >= 0.6 is 22.9 Å². The van der Waals surface area contributed by atoms with Gasteiger partial charge in [-0.05, 0) is 31.4 Å². The Morgan fingerprint density at radius 2 is 2.00 bits per heavy atom. The van der Waals surface area contributed by atoms with Crippen LogP contribution < -0.4 is 5.32 Å². The molecular weight excluding hydrogens is 298 g/mol. The number of carbonyl (C=O) groups excluding carboxylic acids is 1. The molecule has 0 aliphatic heterocycles. The van der Waals surface area contributed by atoms with Crippen LogP contribution in [-0.2, 0) is 16.0 Å². The van der Waals surface area contributed by atoms with Crippen LogP contribution in [0.15, 0.2) is 12.1 Å². The number of thiophene rings is 1. The number of carbonyl (C=O) groups is 2. The van der Waals surface area contributed by atoms with E-state index < -0.39 is 11.9 Å². The zero-order valence-electron chi connectivity index (χ0n) is 11.1. The van der Waals surface area contributed by atoms with E-state index in [-0.39, 0.29) is 11.8 Å². The highest BCUT2D eigenvalue weighted by Crippen LogP contribution is 2.30. The summed E-state index contributed by atoms with van der Waals surface area (Å²) in [6, 6.07) is 3.78. The van der Waals surface area contributed by atoms with Gasteiger partial charge in [0.25, 0.3) is 0 Å². The molecule has 1 amide bonds. The van der Waals surface area contributed by atoms with E-state index in [0.717, 1.165) is 28.5 Å². The smallest absolute Gasteiger partial charge is 0.307 e. The zero-order chi connectivity index (χ0) is 14.5. The van der Waals surface area contributed by atoms with Crippen molar-refractivity contribution >= 4 is 34.8 Å². The fourth-order valence-electron chi connectivity index (χ4n) is 2.67. The van der Waals surface area contributed by atoms with Crippen LogP contribution in [0.4, 0.5) is 0 Å². The van der Waals surface area contributed by atoms with Crippen LogP contribution in [-0.4, -0.2) is 23.5 Å². The van der Waals surface area contributed by atoms with Crippen LogP contribution in [0.3, 0.4) is 0 Å². The summed E-state index contributed by atoms with van der Waals surface area (Å²) >= 11 is 7.34. The Morgan fingerprint density at radius 3 is 2.60 bits per heavy atom. The molecule has 1 aromatic rings. The van der Waals surface area contributed by atoms with Crippen molar-refractivity contribution in [3.63, 3.8) is 0 Å². The van der Waals surface area contributed by atoms with Gasteiger partial charge in [-0.1, -0.05) is 24.4 Å². The molecule has 0 saturated heterocycles. The summed E-state index contributed by atoms with van der Waals surface area (Å²) in [5, 5.41) is 12.0. The maximum Gasteiger partial charge on any atom is 0.307 e. The lowest BCUT2D eigenvalue weighted by molar-refractivity contribution is -0.148. The summed E-state index contributed by atoms with van der Waals surface area (Å²) in [5.74, 6) is -1.89. The molecule has 4 nitrogen and oxygen atoms in total. The van der Waals surface area contributed by atoms with Gasteiger partial charge in [0.05, 0.1) is 16.2 Å². The summed E-state index contributed by atoms with van der Waals surface area (Å²) in [5.41, 5.74) is 0. The summed E-state index contributed by atoms with van der Waals surface area (Å²) in [7, 11) is 0. The van der Waals surface area contributed by atoms with E-state index >= 15 is 0 Å². The SMILES string of the molecule is O=C(O)C1CCCCC1C(=O)NCCc1ccc(Cl)s1. The van der Waals surface area contributed by atoms with Gasteiger partial charge in [0.15, 0.2) is 0 Å². The highest BCUT2D eigenvalue weighted by Gasteiger charge is 2.35. The Hall–Kier alpha value is -1.07. The molecule has 0 radical (unpaired) electrons. The maximum absolute atomic E-state index is 12.1. The fourth-order valence-corrected chi connectivity index (χ4v) is 3.75. The summed E-state index contributed by atoms with van der Waals surface area (Å²) < 4.78 is 0.740. The molecular formula is C14H18ClNO3S. The van der Waals surface area contributed by atoms with Crippen LogP contribution in [0.25, 0.3) is 0 Å². The third kappa shape index (κ3) is 3.96. The molecule has 2 atom stereocenters. The molecule has 1 aliphatic rings. The first-order valence-corrected chi connectivity index (χ1v) is 8.02. The maximum atomic E-state index is 12.1. The molecule has 20 heavy (non-hydrogen) atoms. The lowest BCUT2D eigenvalue weighted by atomic mass is 9.78. The van der Waals surface area contributed by atoms with Crippen molar-refractivity contribution in [1.29, 1.82) is 0 Å². The molecule has 0 spiro atoms. The molecule has 1 aromatic heterocycles. The number of halogens is 1. The number of rotatable bonds is 5. The monoisotopic (exact) mass is 315 g/mol. The number of nitrogens with one attached hydrogen (secondary N) is 1. The highest BCUT2D eigenvalue weighted by molar-refractivity contribution is 7.16.